The molecule has 0 amide bonds. The standard InChI is InChI=1S/C9H9N3OS/c10-4-7-5-12(6-11-9(7)13)8-2-1-3-14-8/h1-3,5-6H,4,10H2. The fourth-order valence-electron chi connectivity index (χ4n) is 1.13. The summed E-state index contributed by atoms with van der Waals surface area (Å²) in [5.74, 6) is 0. The van der Waals surface area contributed by atoms with Crippen LogP contribution in [0.3, 0.4) is 0 Å². The van der Waals surface area contributed by atoms with Gasteiger partial charge < -0.3 is 5.73 Å². The predicted octanol–water partition coefficient (Wildman–Crippen LogP) is 0.753. The highest BCUT2D eigenvalue weighted by atomic mass is 32.1. The van der Waals surface area contributed by atoms with Gasteiger partial charge in [-0.3, -0.25) is 9.36 Å². The van der Waals surface area contributed by atoms with Crippen LogP contribution in [0.2, 0.25) is 0 Å². The molecule has 0 fully saturated rings. The Morgan fingerprint density at radius 1 is 1.57 bits per heavy atom. The summed E-state index contributed by atoms with van der Waals surface area (Å²) in [6.07, 6.45) is 3.23. The lowest BCUT2D eigenvalue weighted by molar-refractivity contribution is 0.908. The van der Waals surface area contributed by atoms with E-state index in [1.54, 1.807) is 22.1 Å². The molecular weight excluding hydrogens is 198 g/mol. The molecule has 0 unspecified atom stereocenters. The maximum absolute atomic E-state index is 11.2. The van der Waals surface area contributed by atoms with E-state index in [4.69, 9.17) is 5.73 Å². The maximum atomic E-state index is 11.2. The number of nitrogens with two attached hydrogens (primary N) is 1. The van der Waals surface area contributed by atoms with Crippen molar-refractivity contribution < 1.29 is 0 Å². The van der Waals surface area contributed by atoms with Crippen LogP contribution in [0.25, 0.3) is 5.00 Å². The van der Waals surface area contributed by atoms with Gasteiger partial charge in [-0.15, -0.1) is 11.3 Å². The van der Waals surface area contributed by atoms with E-state index in [0.29, 0.717) is 5.56 Å². The van der Waals surface area contributed by atoms with Gasteiger partial charge in [-0.05, 0) is 17.5 Å². The Morgan fingerprint density at radius 2 is 2.43 bits per heavy atom. The average molecular weight is 207 g/mol. The lowest BCUT2D eigenvalue weighted by Crippen LogP contribution is -2.18. The van der Waals surface area contributed by atoms with Crippen molar-refractivity contribution >= 4 is 11.3 Å². The van der Waals surface area contributed by atoms with Crippen molar-refractivity contribution in [3.63, 3.8) is 0 Å². The molecule has 72 valence electrons. The second kappa shape index (κ2) is 3.73. The predicted molar refractivity (Wildman–Crippen MR) is 55.6 cm³/mol. The van der Waals surface area contributed by atoms with Crippen LogP contribution in [-0.2, 0) is 6.54 Å². The lowest BCUT2D eigenvalue weighted by atomic mass is 10.3. The molecule has 0 saturated carbocycles. The van der Waals surface area contributed by atoms with Crippen LogP contribution in [0, 0.1) is 0 Å². The Balaban J connectivity index is 2.51. The third-order valence-corrected chi connectivity index (χ3v) is 2.73. The van der Waals surface area contributed by atoms with Crippen LogP contribution in [0.1, 0.15) is 5.56 Å². The van der Waals surface area contributed by atoms with Crippen molar-refractivity contribution in [2.24, 2.45) is 5.73 Å². The Kier molecular flexibility index (Phi) is 2.43. The zero-order chi connectivity index (χ0) is 9.97. The molecule has 2 heterocycles. The SMILES string of the molecule is NCc1cn(-c2cccs2)cnc1=O. The molecule has 2 aromatic rings. The monoisotopic (exact) mass is 207 g/mol. The molecule has 2 N–H and O–H groups in total. The summed E-state index contributed by atoms with van der Waals surface area (Å²) in [4.78, 5) is 14.9. The number of nitrogens with zero attached hydrogens (tertiary/aromatic N) is 2. The van der Waals surface area contributed by atoms with E-state index in [1.165, 1.54) is 6.33 Å². The third kappa shape index (κ3) is 1.59. The minimum absolute atomic E-state index is 0.220. The Hall–Kier alpha value is -1.46. The van der Waals surface area contributed by atoms with Gasteiger partial charge in [0.15, 0.2) is 0 Å². The summed E-state index contributed by atoms with van der Waals surface area (Å²) in [5.41, 5.74) is 5.70. The van der Waals surface area contributed by atoms with Crippen molar-refractivity contribution in [1.82, 2.24) is 9.55 Å². The maximum Gasteiger partial charge on any atom is 0.277 e. The molecule has 0 atom stereocenters. The molecule has 2 rings (SSSR count). The summed E-state index contributed by atoms with van der Waals surface area (Å²) in [7, 11) is 0. The average Bonchev–Trinajstić information content (AvgIpc) is 2.71. The first-order chi connectivity index (χ1) is 6.81. The second-order valence-corrected chi connectivity index (χ2v) is 3.69. The highest BCUT2D eigenvalue weighted by molar-refractivity contribution is 7.12. The van der Waals surface area contributed by atoms with Crippen LogP contribution in [0.5, 0.6) is 0 Å². The number of aromatic nitrogens is 2. The highest BCUT2D eigenvalue weighted by Crippen LogP contribution is 2.13. The fraction of sp³-hybridized carbons (Fsp3) is 0.111. The zero-order valence-corrected chi connectivity index (χ0v) is 8.20. The molecular formula is C9H9N3OS. The van der Waals surface area contributed by atoms with Crippen LogP contribution >= 0.6 is 11.3 Å². The molecule has 2 aromatic heterocycles. The van der Waals surface area contributed by atoms with E-state index in [9.17, 15) is 4.79 Å². The quantitative estimate of drug-likeness (QED) is 0.790. The van der Waals surface area contributed by atoms with Crippen LogP contribution in [-0.4, -0.2) is 9.55 Å². The largest absolute Gasteiger partial charge is 0.326 e. The number of thiophene rings is 1. The van der Waals surface area contributed by atoms with Crippen molar-refractivity contribution in [2.45, 2.75) is 6.54 Å². The van der Waals surface area contributed by atoms with Crippen molar-refractivity contribution in [1.29, 1.82) is 0 Å². The van der Waals surface area contributed by atoms with E-state index in [1.807, 2.05) is 17.5 Å². The molecule has 0 radical (unpaired) electrons. The minimum Gasteiger partial charge on any atom is -0.326 e. The van der Waals surface area contributed by atoms with Crippen LogP contribution in [0.4, 0.5) is 0 Å². The van der Waals surface area contributed by atoms with Gasteiger partial charge in [-0.25, -0.2) is 0 Å². The van der Waals surface area contributed by atoms with Gasteiger partial charge in [0.05, 0.1) is 0 Å². The van der Waals surface area contributed by atoms with Gasteiger partial charge >= 0.3 is 0 Å². The Morgan fingerprint density at radius 3 is 3.07 bits per heavy atom. The fourth-order valence-corrected chi connectivity index (χ4v) is 1.81. The molecule has 0 aliphatic carbocycles. The second-order valence-electron chi connectivity index (χ2n) is 2.77. The van der Waals surface area contributed by atoms with Crippen LogP contribution in [0.15, 0.2) is 34.8 Å². The van der Waals surface area contributed by atoms with E-state index < -0.39 is 0 Å². The third-order valence-electron chi connectivity index (χ3n) is 1.85. The summed E-state index contributed by atoms with van der Waals surface area (Å²) >= 11 is 1.58. The van der Waals surface area contributed by atoms with Gasteiger partial charge in [-0.2, -0.15) is 4.98 Å². The zero-order valence-electron chi connectivity index (χ0n) is 7.38. The number of rotatable bonds is 2. The number of hydrogen-bond acceptors (Lipinski definition) is 4. The molecule has 4 nitrogen and oxygen atoms in total. The van der Waals surface area contributed by atoms with Crippen molar-refractivity contribution in [3.05, 3.63) is 46.0 Å². The van der Waals surface area contributed by atoms with E-state index in [2.05, 4.69) is 4.98 Å². The van der Waals surface area contributed by atoms with Gasteiger partial charge in [-0.1, -0.05) is 0 Å². The molecule has 0 saturated heterocycles. The highest BCUT2D eigenvalue weighted by Gasteiger charge is 2.01. The van der Waals surface area contributed by atoms with Crippen LogP contribution < -0.4 is 11.3 Å². The van der Waals surface area contributed by atoms with Gasteiger partial charge in [0.1, 0.15) is 11.3 Å². The normalized spacial score (nSPS) is 10.4. The first kappa shape index (κ1) is 9.11. The van der Waals surface area contributed by atoms with E-state index >= 15 is 0 Å². The number of hydrogen-bond donors (Lipinski definition) is 1. The van der Waals surface area contributed by atoms with Gasteiger partial charge in [0.2, 0.25) is 0 Å². The minimum atomic E-state index is -0.250. The molecule has 0 aliphatic rings. The van der Waals surface area contributed by atoms with Gasteiger partial charge in [0, 0.05) is 18.3 Å². The van der Waals surface area contributed by atoms with E-state index in [-0.39, 0.29) is 12.1 Å². The molecule has 0 aromatic carbocycles. The topological polar surface area (TPSA) is 60.9 Å². The summed E-state index contributed by atoms with van der Waals surface area (Å²) < 4.78 is 1.80. The smallest absolute Gasteiger partial charge is 0.277 e. The van der Waals surface area contributed by atoms with Gasteiger partial charge in [0.25, 0.3) is 5.56 Å². The first-order valence-corrected chi connectivity index (χ1v) is 5.00. The summed E-state index contributed by atoms with van der Waals surface area (Å²) in [5, 5.41) is 2.99. The van der Waals surface area contributed by atoms with E-state index in [0.717, 1.165) is 5.00 Å². The molecule has 14 heavy (non-hydrogen) atoms. The van der Waals surface area contributed by atoms with Crippen molar-refractivity contribution in [3.8, 4) is 5.00 Å². The first-order valence-electron chi connectivity index (χ1n) is 4.12. The summed E-state index contributed by atoms with van der Waals surface area (Å²) in [6, 6.07) is 3.90. The lowest BCUT2D eigenvalue weighted by Gasteiger charge is -2.03. The molecule has 5 heteroatoms. The van der Waals surface area contributed by atoms with Crippen molar-refractivity contribution in [2.75, 3.05) is 0 Å². The molecule has 0 bridgehead atoms. The Bertz CT molecular complexity index is 475. The molecule has 0 spiro atoms. The summed E-state index contributed by atoms with van der Waals surface area (Å²) in [6.45, 7) is 0.220. The molecule has 0 aliphatic heterocycles. The Labute approximate surface area is 84.6 Å².